The average Bonchev–Trinajstić information content (AvgIpc) is 1.82. The normalized spacial score (nSPS) is 21.7. The van der Waals surface area contributed by atoms with Crippen molar-refractivity contribution in [2.24, 2.45) is 11.6 Å². The summed E-state index contributed by atoms with van der Waals surface area (Å²) in [6.45, 7) is 2.93. The van der Waals surface area contributed by atoms with E-state index in [0.717, 1.165) is 0 Å². The molecule has 0 bridgehead atoms. The third-order valence-electron chi connectivity index (χ3n) is 0.798. The average molecular weight is 137 g/mol. The molecule has 0 saturated heterocycles. The molecule has 0 aromatic carbocycles. The first-order chi connectivity index (χ1) is 4.76. The molecule has 0 amide bonds. The predicted octanol–water partition coefficient (Wildman–Crippen LogP) is 0.444. The molecule has 0 saturated carbocycles. The summed E-state index contributed by atoms with van der Waals surface area (Å²) in [4.78, 5) is 10.3. The zero-order valence-electron chi connectivity index (χ0n) is 7.59. The fourth-order valence-corrected chi connectivity index (χ4v) is 0.430. The second kappa shape index (κ2) is 3.45. The highest BCUT2D eigenvalue weighted by atomic mass is 16.5. The van der Waals surface area contributed by atoms with Gasteiger partial charge in [-0.3, -0.25) is 4.79 Å². The van der Waals surface area contributed by atoms with E-state index >= 15 is 0 Å². The summed E-state index contributed by atoms with van der Waals surface area (Å²) in [6.07, 6.45) is -1.10. The lowest BCUT2D eigenvalue weighted by Gasteiger charge is -2.07. The van der Waals surface area contributed by atoms with Crippen LogP contribution >= 0.6 is 0 Å². The van der Waals surface area contributed by atoms with Gasteiger partial charge in [-0.05, 0) is 12.3 Å². The molecule has 54 valence electrons. The molecule has 0 aromatic heterocycles. The topological polar surface area (TPSA) is 63.3 Å². The van der Waals surface area contributed by atoms with Crippen molar-refractivity contribution in [3.8, 4) is 0 Å². The maximum atomic E-state index is 10.3. The largest absolute Gasteiger partial charge is 0.480 e. The van der Waals surface area contributed by atoms with Gasteiger partial charge in [0.05, 0.1) is 0 Å². The Morgan fingerprint density at radius 1 is 2.00 bits per heavy atom. The van der Waals surface area contributed by atoms with E-state index in [2.05, 4.69) is 0 Å². The lowest BCUT2D eigenvalue weighted by Crippen LogP contribution is -2.31. The SMILES string of the molecule is [2H][12C@@H]([13C@H]([15NH2])[13C](=O)O)[13C]([2H])(C)C. The van der Waals surface area contributed by atoms with Gasteiger partial charge in [0.1, 0.15) is 6.04 Å². The zero-order valence-corrected chi connectivity index (χ0v) is 5.59. The number of aliphatic carboxylic acids is 1. The molecule has 0 radical (unpaired) electrons. The minimum Gasteiger partial charge on any atom is -0.480 e. The third kappa shape index (κ3) is 3.97. The van der Waals surface area contributed by atoms with Crippen LogP contribution in [-0.4, -0.2) is 17.1 Å². The third-order valence-corrected chi connectivity index (χ3v) is 0.798. The summed E-state index contributed by atoms with van der Waals surface area (Å²) in [7, 11) is 0. The van der Waals surface area contributed by atoms with Gasteiger partial charge >= 0.3 is 5.97 Å². The standard InChI is InChI=1S/C6H13NO2/c1-4(2)3-5(7)6(8)9/h4-5H,3,7H2,1-2H3,(H,8,9)/t5-/m0/s1/i3+0D,4+1D,5+1,6+1,7+1/t3-,5+/m1. The van der Waals surface area contributed by atoms with Crippen molar-refractivity contribution in [1.29, 1.82) is 0 Å². The van der Waals surface area contributed by atoms with E-state index in [1.54, 1.807) is 0 Å². The van der Waals surface area contributed by atoms with Gasteiger partial charge in [0.2, 0.25) is 0 Å². The molecule has 0 unspecified atom stereocenters. The van der Waals surface area contributed by atoms with Crippen LogP contribution in [0.5, 0.6) is 0 Å². The van der Waals surface area contributed by atoms with Crippen LogP contribution in [-0.2, 0) is 4.79 Å². The van der Waals surface area contributed by atoms with Crippen molar-refractivity contribution in [2.45, 2.75) is 26.3 Å². The van der Waals surface area contributed by atoms with Gasteiger partial charge in [0.15, 0.2) is 0 Å². The van der Waals surface area contributed by atoms with Crippen LogP contribution in [0, 0.1) is 5.89 Å². The summed E-state index contributed by atoms with van der Waals surface area (Å²) < 4.78 is 14.6. The van der Waals surface area contributed by atoms with Gasteiger partial charge in [0, 0.05) is 2.74 Å². The van der Waals surface area contributed by atoms with E-state index in [9.17, 15) is 4.79 Å². The van der Waals surface area contributed by atoms with Gasteiger partial charge in [0.25, 0.3) is 0 Å². The number of carbonyl (C=O) groups is 1. The fraction of sp³-hybridized carbons (Fsp3) is 0.833. The first-order valence-electron chi connectivity index (χ1n) is 3.75. The Morgan fingerprint density at radius 3 is 2.56 bits per heavy atom. The van der Waals surface area contributed by atoms with Gasteiger partial charge in [-0.15, -0.1) is 0 Å². The van der Waals surface area contributed by atoms with Crippen LogP contribution in [0.15, 0.2) is 0 Å². The van der Waals surface area contributed by atoms with Crippen molar-refractivity contribution in [3.05, 3.63) is 0 Å². The predicted molar refractivity (Wildman–Crippen MR) is 35.1 cm³/mol. The molecule has 0 fully saturated rings. The minimum atomic E-state index is -1.28. The van der Waals surface area contributed by atoms with E-state index in [-0.39, 0.29) is 0 Å². The van der Waals surface area contributed by atoms with Crippen molar-refractivity contribution in [3.63, 3.8) is 0 Å². The first kappa shape index (κ1) is 5.23. The molecule has 0 spiro atoms. The number of carboxylic acid groups (broad SMARTS) is 1. The smallest absolute Gasteiger partial charge is 0.320 e. The Hall–Kier alpha value is -0.570. The molecule has 0 aliphatic rings. The first-order valence-corrected chi connectivity index (χ1v) is 2.67. The maximum Gasteiger partial charge on any atom is 0.320 e. The van der Waals surface area contributed by atoms with E-state index < -0.39 is 24.3 Å². The second-order valence-corrected chi connectivity index (χ2v) is 2.11. The molecule has 0 heterocycles. The van der Waals surface area contributed by atoms with Crippen molar-refractivity contribution >= 4 is 5.97 Å². The van der Waals surface area contributed by atoms with Crippen LogP contribution in [0.4, 0.5) is 0 Å². The Kier molecular flexibility index (Phi) is 2.01. The summed E-state index contributed by atoms with van der Waals surface area (Å²) in [6, 6.07) is -1.28. The summed E-state index contributed by atoms with van der Waals surface area (Å²) in [5.74, 6) is -2.36. The lowest BCUT2D eigenvalue weighted by molar-refractivity contribution is -0.138. The summed E-state index contributed by atoms with van der Waals surface area (Å²) >= 11 is 0. The van der Waals surface area contributed by atoms with Gasteiger partial charge in [-0.1, -0.05) is 13.8 Å². The quantitative estimate of drug-likeness (QED) is 0.438. The maximum absolute atomic E-state index is 10.3. The van der Waals surface area contributed by atoms with Crippen molar-refractivity contribution in [1.82, 2.24) is 0 Å². The highest BCUT2D eigenvalue weighted by Gasteiger charge is 2.11. The summed E-state index contributed by atoms with van der Waals surface area (Å²) in [5, 5.41) is 8.39. The molecule has 0 rings (SSSR count). The second-order valence-electron chi connectivity index (χ2n) is 2.11. The Morgan fingerprint density at radius 2 is 2.44 bits per heavy atom. The Balaban J connectivity index is 4.25. The number of hydrogen-bond donors (Lipinski definition) is 2. The summed E-state index contributed by atoms with van der Waals surface area (Å²) in [5.41, 5.74) is 5.14. The number of hydrogen-bond acceptors (Lipinski definition) is 2. The van der Waals surface area contributed by atoms with Crippen LogP contribution in [0.25, 0.3) is 0 Å². The van der Waals surface area contributed by atoms with Gasteiger partial charge < -0.3 is 10.8 Å². The van der Waals surface area contributed by atoms with E-state index in [1.807, 2.05) is 0 Å². The lowest BCUT2D eigenvalue weighted by atomic mass is 10.5. The molecule has 3 heteroatoms. The highest BCUT2D eigenvalue weighted by molar-refractivity contribution is 5.72. The minimum absolute atomic E-state index is 1.10. The van der Waals surface area contributed by atoms with E-state index in [4.69, 9.17) is 13.6 Å². The molecule has 3 nitrogen and oxygen atoms in total. The molecular weight excluding hydrogens is 122 g/mol. The van der Waals surface area contributed by atoms with Crippen LogP contribution < -0.4 is 5.73 Å². The van der Waals surface area contributed by atoms with Crippen molar-refractivity contribution < 1.29 is 12.6 Å². The van der Waals surface area contributed by atoms with Gasteiger partial charge in [-0.25, -0.2) is 0 Å². The molecule has 0 aliphatic heterocycles. The number of carboxylic acids is 1. The van der Waals surface area contributed by atoms with Crippen LogP contribution in [0.3, 0.4) is 0 Å². The van der Waals surface area contributed by atoms with Gasteiger partial charge in [-0.2, -0.15) is 0 Å². The number of nitrogens with two attached hydrogens (primary N) is 1. The monoisotopic (exact) mass is 137 g/mol. The zero-order chi connectivity index (χ0) is 9.23. The number of rotatable bonds is 3. The Bertz CT molecular complexity index is 155. The molecule has 9 heavy (non-hydrogen) atoms. The van der Waals surface area contributed by atoms with E-state index in [1.165, 1.54) is 13.8 Å². The van der Waals surface area contributed by atoms with E-state index in [0.29, 0.717) is 0 Å². The molecular formula is C6H13NO2. The van der Waals surface area contributed by atoms with Crippen LogP contribution in [0.2, 0.25) is 0 Å². The molecule has 2 atom stereocenters. The van der Waals surface area contributed by atoms with Crippen molar-refractivity contribution in [2.75, 3.05) is 0 Å². The Labute approximate surface area is 57.7 Å². The highest BCUT2D eigenvalue weighted by Crippen LogP contribution is 2.01. The molecule has 0 aliphatic carbocycles. The molecule has 3 N–H and O–H groups in total. The van der Waals surface area contributed by atoms with Crippen LogP contribution in [0.1, 0.15) is 23.0 Å². The molecule has 0 aromatic rings. The fourth-order valence-electron chi connectivity index (χ4n) is 0.430.